The Labute approximate surface area is 202 Å². The Morgan fingerprint density at radius 1 is 1.38 bits per heavy atom. The third kappa shape index (κ3) is 4.05. The molecule has 2 aromatic rings. The van der Waals surface area contributed by atoms with Crippen molar-refractivity contribution in [2.45, 2.75) is 56.0 Å². The molecule has 1 aromatic heterocycles. The van der Waals surface area contributed by atoms with Gasteiger partial charge in [-0.1, -0.05) is 11.6 Å². The molecule has 0 spiro atoms. The van der Waals surface area contributed by atoms with Crippen LogP contribution < -0.4 is 10.6 Å². The molecule has 1 unspecified atom stereocenters. The van der Waals surface area contributed by atoms with E-state index in [1.807, 2.05) is 10.8 Å². The third-order valence-electron chi connectivity index (χ3n) is 7.38. The number of aliphatic hydroxyl groups excluding tert-OH is 1. The minimum Gasteiger partial charge on any atom is -0.379 e. The fourth-order valence-electron chi connectivity index (χ4n) is 5.37. The van der Waals surface area contributed by atoms with Crippen molar-refractivity contribution in [2.75, 3.05) is 25.5 Å². The molecule has 0 bridgehead atoms. The van der Waals surface area contributed by atoms with Gasteiger partial charge < -0.3 is 20.5 Å². The van der Waals surface area contributed by atoms with Gasteiger partial charge in [-0.15, -0.1) is 0 Å². The number of anilines is 2. The molecule has 10 heteroatoms. The number of aliphatic hydroxyl groups is 1. The molecule has 8 nitrogen and oxygen atoms in total. The van der Waals surface area contributed by atoms with E-state index in [1.165, 1.54) is 12.1 Å². The third-order valence-corrected chi connectivity index (χ3v) is 7.69. The van der Waals surface area contributed by atoms with Crippen molar-refractivity contribution < 1.29 is 14.2 Å². The number of hydrogen-bond acceptors (Lipinski definition) is 7. The summed E-state index contributed by atoms with van der Waals surface area (Å²) in [6, 6.07) is 7.27. The van der Waals surface area contributed by atoms with Crippen LogP contribution in [-0.2, 0) is 10.3 Å². The average molecular weight is 487 g/mol. The van der Waals surface area contributed by atoms with Crippen molar-refractivity contribution in [3.05, 3.63) is 46.5 Å². The summed E-state index contributed by atoms with van der Waals surface area (Å²) in [6.45, 7) is 1.91. The summed E-state index contributed by atoms with van der Waals surface area (Å²) in [6.07, 6.45) is 6.75. The molecule has 180 valence electrons. The van der Waals surface area contributed by atoms with Gasteiger partial charge in [-0.2, -0.15) is 10.4 Å². The Hall–Kier alpha value is -2.64. The number of nitrogens with one attached hydrogen (secondary N) is 2. The van der Waals surface area contributed by atoms with Crippen molar-refractivity contribution in [3.8, 4) is 6.07 Å². The maximum absolute atomic E-state index is 14.0. The number of methoxy groups -OCH3 is 1. The lowest BCUT2D eigenvalue weighted by molar-refractivity contribution is -0.0642. The monoisotopic (exact) mass is 486 g/mol. The van der Waals surface area contributed by atoms with Crippen molar-refractivity contribution in [3.63, 3.8) is 0 Å². The number of nitriles is 1. The highest BCUT2D eigenvalue weighted by Crippen LogP contribution is 2.44. The van der Waals surface area contributed by atoms with Gasteiger partial charge in [-0.05, 0) is 50.0 Å². The first-order valence-electron chi connectivity index (χ1n) is 11.5. The lowest BCUT2D eigenvalue weighted by atomic mass is 9.76. The number of halogens is 2. The fourth-order valence-corrected chi connectivity index (χ4v) is 5.49. The molecule has 34 heavy (non-hydrogen) atoms. The minimum absolute atomic E-state index is 0.0338. The Morgan fingerprint density at radius 3 is 2.82 bits per heavy atom. The van der Waals surface area contributed by atoms with Crippen LogP contribution in [0.3, 0.4) is 0 Å². The number of nitrogens with zero attached hydrogens (tertiary/aromatic N) is 4. The summed E-state index contributed by atoms with van der Waals surface area (Å²) in [5.74, 6) is -0.120. The highest BCUT2D eigenvalue weighted by atomic mass is 35.5. The molecule has 1 aromatic carbocycles. The Morgan fingerprint density at radius 2 is 2.15 bits per heavy atom. The molecule has 1 saturated heterocycles. The van der Waals surface area contributed by atoms with Gasteiger partial charge in [0.05, 0.1) is 40.4 Å². The van der Waals surface area contributed by atoms with E-state index in [9.17, 15) is 14.8 Å². The SMILES string of the molecule is COC1CN([C@H]2CC[C@@](CC#N)(n3nc(Nc4ccc(Cl)c(F)c4)c4c3C=CNC4O)CC2)C1. The molecule has 3 aliphatic rings. The van der Waals surface area contributed by atoms with Gasteiger partial charge in [-0.25, -0.2) is 4.39 Å². The summed E-state index contributed by atoms with van der Waals surface area (Å²) in [7, 11) is 1.75. The molecule has 0 amide bonds. The van der Waals surface area contributed by atoms with Crippen LogP contribution >= 0.6 is 11.6 Å². The van der Waals surface area contributed by atoms with Gasteiger partial charge in [0.2, 0.25) is 0 Å². The maximum atomic E-state index is 14.0. The largest absolute Gasteiger partial charge is 0.379 e. The molecule has 1 saturated carbocycles. The van der Waals surface area contributed by atoms with E-state index < -0.39 is 17.6 Å². The molecule has 5 rings (SSSR count). The second-order valence-electron chi connectivity index (χ2n) is 9.32. The molecule has 3 heterocycles. The molecular formula is C24H28ClFN6O2. The van der Waals surface area contributed by atoms with Crippen LogP contribution in [0.4, 0.5) is 15.9 Å². The van der Waals surface area contributed by atoms with Gasteiger partial charge in [0.15, 0.2) is 12.0 Å². The van der Waals surface area contributed by atoms with Gasteiger partial charge >= 0.3 is 0 Å². The number of hydrogen-bond donors (Lipinski definition) is 3. The fraction of sp³-hybridized carbons (Fsp3) is 0.500. The molecule has 1 aliphatic carbocycles. The number of benzene rings is 1. The van der Waals surface area contributed by atoms with Crippen LogP contribution in [0, 0.1) is 17.1 Å². The van der Waals surface area contributed by atoms with Gasteiger partial charge in [0, 0.05) is 38.1 Å². The van der Waals surface area contributed by atoms with E-state index in [-0.39, 0.29) is 5.02 Å². The van der Waals surface area contributed by atoms with Crippen molar-refractivity contribution in [1.29, 1.82) is 5.26 Å². The zero-order valence-electron chi connectivity index (χ0n) is 19.0. The number of likely N-dealkylation sites (tertiary alicyclic amines) is 1. The van der Waals surface area contributed by atoms with Crippen molar-refractivity contribution in [2.24, 2.45) is 0 Å². The van der Waals surface area contributed by atoms with E-state index in [4.69, 9.17) is 21.4 Å². The van der Waals surface area contributed by atoms with Crippen molar-refractivity contribution in [1.82, 2.24) is 20.0 Å². The highest BCUT2D eigenvalue weighted by Gasteiger charge is 2.44. The van der Waals surface area contributed by atoms with Crippen LogP contribution in [0.2, 0.25) is 5.02 Å². The zero-order valence-corrected chi connectivity index (χ0v) is 19.7. The Kier molecular flexibility index (Phi) is 6.25. The summed E-state index contributed by atoms with van der Waals surface area (Å²) in [5, 5.41) is 31.4. The minimum atomic E-state index is -0.976. The van der Waals surface area contributed by atoms with E-state index in [0.29, 0.717) is 35.6 Å². The first-order chi connectivity index (χ1) is 16.4. The van der Waals surface area contributed by atoms with Crippen LogP contribution in [0.15, 0.2) is 24.4 Å². The second kappa shape index (κ2) is 9.19. The molecule has 1 atom stereocenters. The van der Waals surface area contributed by atoms with Crippen LogP contribution in [0.25, 0.3) is 6.08 Å². The second-order valence-corrected chi connectivity index (χ2v) is 9.72. The quantitative estimate of drug-likeness (QED) is 0.570. The predicted molar refractivity (Wildman–Crippen MR) is 127 cm³/mol. The van der Waals surface area contributed by atoms with Crippen LogP contribution in [-0.4, -0.2) is 52.1 Å². The normalized spacial score (nSPS) is 26.9. The predicted octanol–water partition coefficient (Wildman–Crippen LogP) is 3.87. The summed E-state index contributed by atoms with van der Waals surface area (Å²) in [4.78, 5) is 2.46. The lowest BCUT2D eigenvalue weighted by Crippen LogP contribution is -2.58. The lowest BCUT2D eigenvalue weighted by Gasteiger charge is -2.48. The van der Waals surface area contributed by atoms with Crippen LogP contribution in [0.1, 0.15) is 49.6 Å². The molecule has 2 aliphatic heterocycles. The first kappa shape index (κ1) is 23.1. The van der Waals surface area contributed by atoms with E-state index in [0.717, 1.165) is 44.5 Å². The Balaban J connectivity index is 1.46. The average Bonchev–Trinajstić information content (AvgIpc) is 3.17. The summed E-state index contributed by atoms with van der Waals surface area (Å²) >= 11 is 5.82. The molecular weight excluding hydrogens is 459 g/mol. The highest BCUT2D eigenvalue weighted by molar-refractivity contribution is 6.30. The number of ether oxygens (including phenoxy) is 1. The number of fused-ring (bicyclic) bond motifs is 1. The molecule has 2 fully saturated rings. The van der Waals surface area contributed by atoms with Gasteiger partial charge in [0.25, 0.3) is 0 Å². The maximum Gasteiger partial charge on any atom is 0.160 e. The Bertz CT molecular complexity index is 1130. The summed E-state index contributed by atoms with van der Waals surface area (Å²) < 4.78 is 21.3. The standard InChI is InChI=1S/C24H28ClFN6O2/c1-34-17-13-31(14-17)16-4-7-24(8-5-16,9-10-27)32-20-6-11-28-23(33)21(20)22(30-32)29-15-2-3-18(25)19(26)12-15/h2-3,6,11-12,16-17,23,28,33H,4-5,7-9,13-14H2,1H3,(H,29,30)/t16-,23?,24+. The van der Waals surface area contributed by atoms with Gasteiger partial charge in [-0.3, -0.25) is 9.58 Å². The zero-order chi connectivity index (χ0) is 23.9. The number of aromatic nitrogens is 2. The topological polar surface area (TPSA) is 98.4 Å². The summed E-state index contributed by atoms with van der Waals surface area (Å²) in [5.41, 5.74) is 1.32. The van der Waals surface area contributed by atoms with E-state index >= 15 is 0 Å². The molecule has 0 radical (unpaired) electrons. The van der Waals surface area contributed by atoms with Crippen LogP contribution in [0.5, 0.6) is 0 Å². The molecule has 3 N–H and O–H groups in total. The van der Waals surface area contributed by atoms with E-state index in [2.05, 4.69) is 21.6 Å². The van der Waals surface area contributed by atoms with Crippen molar-refractivity contribution >= 4 is 29.2 Å². The van der Waals surface area contributed by atoms with Gasteiger partial charge in [0.1, 0.15) is 5.82 Å². The smallest absolute Gasteiger partial charge is 0.160 e. The first-order valence-corrected chi connectivity index (χ1v) is 11.9. The van der Waals surface area contributed by atoms with E-state index in [1.54, 1.807) is 19.4 Å². The number of rotatable bonds is 6.